The lowest BCUT2D eigenvalue weighted by atomic mass is 9.97. The standard InChI is InChI=1S/C14H10F3NO2/c1-8-2-3-9(6-10(8)13(19)20)11-7-18-5-4-12(11)14(15,16)17/h2-7H,1H3,(H,19,20). The maximum absolute atomic E-state index is 12.9. The number of aromatic carboxylic acids is 1. The van der Waals surface area contributed by atoms with E-state index in [4.69, 9.17) is 5.11 Å². The molecule has 1 N–H and O–H groups in total. The zero-order chi connectivity index (χ0) is 14.9. The van der Waals surface area contributed by atoms with E-state index in [0.717, 1.165) is 18.5 Å². The number of rotatable bonds is 2. The summed E-state index contributed by atoms with van der Waals surface area (Å²) >= 11 is 0. The first kappa shape index (κ1) is 14.0. The molecule has 0 fully saturated rings. The number of aryl methyl sites for hydroxylation is 1. The molecule has 0 aliphatic rings. The Morgan fingerprint density at radius 1 is 1.25 bits per heavy atom. The average Bonchev–Trinajstić information content (AvgIpc) is 2.38. The average molecular weight is 281 g/mol. The molecule has 0 radical (unpaired) electrons. The Balaban J connectivity index is 2.64. The lowest BCUT2D eigenvalue weighted by Crippen LogP contribution is -2.08. The molecular weight excluding hydrogens is 271 g/mol. The fraction of sp³-hybridized carbons (Fsp3) is 0.143. The molecule has 1 aromatic carbocycles. The van der Waals surface area contributed by atoms with Crippen molar-refractivity contribution < 1.29 is 23.1 Å². The van der Waals surface area contributed by atoms with Crippen LogP contribution in [0, 0.1) is 6.92 Å². The molecule has 2 aromatic rings. The summed E-state index contributed by atoms with van der Waals surface area (Å²) in [7, 11) is 0. The molecule has 6 heteroatoms. The normalized spacial score (nSPS) is 11.4. The molecule has 0 saturated heterocycles. The number of carbonyl (C=O) groups is 1. The maximum atomic E-state index is 12.9. The molecule has 0 atom stereocenters. The number of carboxylic acids is 1. The van der Waals surface area contributed by atoms with Gasteiger partial charge in [0.15, 0.2) is 0 Å². The summed E-state index contributed by atoms with van der Waals surface area (Å²) in [5.74, 6) is -1.18. The van der Waals surface area contributed by atoms with E-state index in [1.165, 1.54) is 18.2 Å². The monoisotopic (exact) mass is 281 g/mol. The van der Waals surface area contributed by atoms with Crippen molar-refractivity contribution in [2.24, 2.45) is 0 Å². The molecular formula is C14H10F3NO2. The highest BCUT2D eigenvalue weighted by atomic mass is 19.4. The maximum Gasteiger partial charge on any atom is 0.417 e. The quantitative estimate of drug-likeness (QED) is 0.911. The van der Waals surface area contributed by atoms with Gasteiger partial charge >= 0.3 is 12.1 Å². The Bertz CT molecular complexity index is 666. The van der Waals surface area contributed by atoms with Crippen LogP contribution in [0.3, 0.4) is 0 Å². The smallest absolute Gasteiger partial charge is 0.417 e. The van der Waals surface area contributed by atoms with Gasteiger partial charge < -0.3 is 5.11 Å². The molecule has 0 aliphatic heterocycles. The summed E-state index contributed by atoms with van der Waals surface area (Å²) in [5.41, 5.74) is -0.346. The van der Waals surface area contributed by atoms with E-state index in [9.17, 15) is 18.0 Å². The van der Waals surface area contributed by atoms with Gasteiger partial charge in [-0.2, -0.15) is 13.2 Å². The molecule has 0 aliphatic carbocycles. The molecule has 1 aromatic heterocycles. The minimum absolute atomic E-state index is 0.0283. The van der Waals surface area contributed by atoms with Crippen LogP contribution in [0.2, 0.25) is 0 Å². The van der Waals surface area contributed by atoms with E-state index < -0.39 is 17.7 Å². The summed E-state index contributed by atoms with van der Waals surface area (Å²) in [6.07, 6.45) is -2.38. The van der Waals surface area contributed by atoms with Gasteiger partial charge in [0.1, 0.15) is 0 Å². The number of aromatic nitrogens is 1. The van der Waals surface area contributed by atoms with Gasteiger partial charge in [-0.1, -0.05) is 12.1 Å². The highest BCUT2D eigenvalue weighted by molar-refractivity contribution is 5.91. The van der Waals surface area contributed by atoms with Crippen molar-refractivity contribution in [3.8, 4) is 11.1 Å². The zero-order valence-electron chi connectivity index (χ0n) is 10.4. The second kappa shape index (κ2) is 4.96. The molecule has 1 heterocycles. The minimum atomic E-state index is -4.52. The third kappa shape index (κ3) is 2.64. The Kier molecular flexibility index (Phi) is 3.48. The number of halogens is 3. The summed E-state index contributed by atoms with van der Waals surface area (Å²) < 4.78 is 38.8. The van der Waals surface area contributed by atoms with Crippen LogP contribution in [0.1, 0.15) is 21.5 Å². The summed E-state index contributed by atoms with van der Waals surface area (Å²) in [4.78, 5) is 14.7. The van der Waals surface area contributed by atoms with Gasteiger partial charge in [0.05, 0.1) is 11.1 Å². The van der Waals surface area contributed by atoms with Gasteiger partial charge in [-0.3, -0.25) is 4.98 Å². The second-order valence-corrected chi connectivity index (χ2v) is 4.25. The third-order valence-electron chi connectivity index (χ3n) is 2.91. The van der Waals surface area contributed by atoms with Gasteiger partial charge in [0, 0.05) is 18.0 Å². The molecule has 0 bridgehead atoms. The first-order valence-corrected chi connectivity index (χ1v) is 5.66. The zero-order valence-corrected chi connectivity index (χ0v) is 10.4. The fourth-order valence-electron chi connectivity index (χ4n) is 1.89. The lowest BCUT2D eigenvalue weighted by Gasteiger charge is -2.13. The number of alkyl halides is 3. The van der Waals surface area contributed by atoms with E-state index in [-0.39, 0.29) is 16.7 Å². The van der Waals surface area contributed by atoms with Crippen molar-refractivity contribution >= 4 is 5.97 Å². The Morgan fingerprint density at radius 2 is 1.95 bits per heavy atom. The Labute approximate surface area is 112 Å². The van der Waals surface area contributed by atoms with Gasteiger partial charge in [-0.05, 0) is 30.2 Å². The lowest BCUT2D eigenvalue weighted by molar-refractivity contribution is -0.137. The van der Waals surface area contributed by atoms with Crippen LogP contribution in [-0.4, -0.2) is 16.1 Å². The molecule has 0 saturated carbocycles. The summed E-state index contributed by atoms with van der Waals surface area (Å²) in [6, 6.07) is 5.03. The van der Waals surface area contributed by atoms with Crippen LogP contribution in [0.5, 0.6) is 0 Å². The van der Waals surface area contributed by atoms with Crippen molar-refractivity contribution in [2.45, 2.75) is 13.1 Å². The highest BCUT2D eigenvalue weighted by Crippen LogP contribution is 2.36. The SMILES string of the molecule is Cc1ccc(-c2cnccc2C(F)(F)F)cc1C(=O)O. The Morgan fingerprint density at radius 3 is 2.55 bits per heavy atom. The van der Waals surface area contributed by atoms with E-state index in [1.807, 2.05) is 0 Å². The molecule has 0 spiro atoms. The van der Waals surface area contributed by atoms with Crippen LogP contribution >= 0.6 is 0 Å². The molecule has 20 heavy (non-hydrogen) atoms. The number of carboxylic acid groups (broad SMARTS) is 1. The van der Waals surface area contributed by atoms with Gasteiger partial charge in [-0.25, -0.2) is 4.79 Å². The topological polar surface area (TPSA) is 50.2 Å². The molecule has 2 rings (SSSR count). The number of pyridine rings is 1. The Hall–Kier alpha value is -2.37. The number of nitrogens with zero attached hydrogens (tertiary/aromatic N) is 1. The number of benzene rings is 1. The van der Waals surface area contributed by atoms with Crippen molar-refractivity contribution in [1.82, 2.24) is 4.98 Å². The van der Waals surface area contributed by atoms with Crippen LogP contribution < -0.4 is 0 Å². The van der Waals surface area contributed by atoms with Gasteiger partial charge in [0.25, 0.3) is 0 Å². The van der Waals surface area contributed by atoms with E-state index in [2.05, 4.69) is 4.98 Å². The molecule has 0 unspecified atom stereocenters. The molecule has 3 nitrogen and oxygen atoms in total. The van der Waals surface area contributed by atoms with Gasteiger partial charge in [-0.15, -0.1) is 0 Å². The first-order valence-electron chi connectivity index (χ1n) is 5.66. The highest BCUT2D eigenvalue weighted by Gasteiger charge is 2.33. The predicted octanol–water partition coefficient (Wildman–Crippen LogP) is 3.77. The first-order chi connectivity index (χ1) is 9.30. The van der Waals surface area contributed by atoms with Crippen molar-refractivity contribution in [2.75, 3.05) is 0 Å². The van der Waals surface area contributed by atoms with E-state index in [1.54, 1.807) is 6.92 Å². The summed E-state index contributed by atoms with van der Waals surface area (Å²) in [6.45, 7) is 1.58. The molecule has 0 amide bonds. The largest absolute Gasteiger partial charge is 0.478 e. The van der Waals surface area contributed by atoms with Crippen molar-refractivity contribution in [3.63, 3.8) is 0 Å². The van der Waals surface area contributed by atoms with Gasteiger partial charge in [0.2, 0.25) is 0 Å². The third-order valence-corrected chi connectivity index (χ3v) is 2.91. The van der Waals surface area contributed by atoms with Crippen molar-refractivity contribution in [3.05, 3.63) is 53.3 Å². The van der Waals surface area contributed by atoms with Crippen molar-refractivity contribution in [1.29, 1.82) is 0 Å². The van der Waals surface area contributed by atoms with Crippen LogP contribution in [0.25, 0.3) is 11.1 Å². The summed E-state index contributed by atoms with van der Waals surface area (Å²) in [5, 5.41) is 9.03. The number of hydrogen-bond acceptors (Lipinski definition) is 2. The molecule has 104 valence electrons. The minimum Gasteiger partial charge on any atom is -0.478 e. The van der Waals surface area contributed by atoms with Crippen LogP contribution in [0.4, 0.5) is 13.2 Å². The van der Waals surface area contributed by atoms with Crippen LogP contribution in [0.15, 0.2) is 36.7 Å². The number of hydrogen-bond donors (Lipinski definition) is 1. The van der Waals surface area contributed by atoms with Crippen LogP contribution in [-0.2, 0) is 6.18 Å². The van der Waals surface area contributed by atoms with E-state index in [0.29, 0.717) is 5.56 Å². The predicted molar refractivity (Wildman–Crippen MR) is 66.4 cm³/mol. The second-order valence-electron chi connectivity index (χ2n) is 4.25. The van der Waals surface area contributed by atoms with E-state index >= 15 is 0 Å². The fourth-order valence-corrected chi connectivity index (χ4v) is 1.89.